The second-order valence-electron chi connectivity index (χ2n) is 2.72. The van der Waals surface area contributed by atoms with Crippen LogP contribution in [0.25, 0.3) is 0 Å². The number of benzene rings is 1. The average Bonchev–Trinajstić information content (AvgIpc) is 2.62. The van der Waals surface area contributed by atoms with Crippen molar-refractivity contribution < 1.29 is 4.74 Å². The van der Waals surface area contributed by atoms with E-state index in [4.69, 9.17) is 16.3 Å². The summed E-state index contributed by atoms with van der Waals surface area (Å²) in [7, 11) is 0. The van der Waals surface area contributed by atoms with Crippen molar-refractivity contribution in [2.75, 3.05) is 6.61 Å². The maximum Gasteiger partial charge on any atom is 0.273 e. The molecule has 0 N–H and O–H groups in total. The number of rotatable bonds is 1. The Balaban J connectivity index is 2.30. The highest BCUT2D eigenvalue weighted by Crippen LogP contribution is 2.28. The minimum Gasteiger partial charge on any atom is -0.471 e. The first-order chi connectivity index (χ1) is 6.27. The Morgan fingerprint density at radius 2 is 2.46 bits per heavy atom. The largest absolute Gasteiger partial charge is 0.471 e. The van der Waals surface area contributed by atoms with Crippen molar-refractivity contribution in [3.63, 3.8) is 0 Å². The second-order valence-corrected chi connectivity index (χ2v) is 3.98. The SMILES string of the molecule is Clc1cc(C2CO[C]=N2)ccc1Br. The van der Waals surface area contributed by atoms with Crippen LogP contribution < -0.4 is 0 Å². The molecule has 1 aliphatic rings. The molecule has 0 fully saturated rings. The lowest BCUT2D eigenvalue weighted by Gasteiger charge is -2.06. The standard InChI is InChI=1S/C9H6BrClNO/c10-7-2-1-6(3-8(7)11)9-4-13-5-12-9/h1-3,9H,4H2. The van der Waals surface area contributed by atoms with E-state index in [0.29, 0.717) is 11.6 Å². The molecule has 0 spiro atoms. The van der Waals surface area contributed by atoms with Gasteiger partial charge in [0.25, 0.3) is 6.40 Å². The summed E-state index contributed by atoms with van der Waals surface area (Å²) in [4.78, 5) is 4.03. The Bertz CT molecular complexity index is 353. The van der Waals surface area contributed by atoms with E-state index in [9.17, 15) is 0 Å². The van der Waals surface area contributed by atoms with Gasteiger partial charge < -0.3 is 4.74 Å². The van der Waals surface area contributed by atoms with E-state index < -0.39 is 0 Å². The van der Waals surface area contributed by atoms with E-state index >= 15 is 0 Å². The molecule has 2 rings (SSSR count). The first-order valence-corrected chi connectivity index (χ1v) is 4.96. The Hall–Kier alpha value is -0.540. The molecule has 0 aromatic heterocycles. The fourth-order valence-electron chi connectivity index (χ4n) is 1.14. The first-order valence-electron chi connectivity index (χ1n) is 3.79. The van der Waals surface area contributed by atoms with Crippen molar-refractivity contribution in [1.29, 1.82) is 0 Å². The van der Waals surface area contributed by atoms with Crippen LogP contribution in [0, 0.1) is 0 Å². The fourth-order valence-corrected chi connectivity index (χ4v) is 1.58. The number of aliphatic imine (C=N–C) groups is 1. The molecule has 0 bridgehead atoms. The summed E-state index contributed by atoms with van der Waals surface area (Å²) in [6.45, 7) is 0.554. The van der Waals surface area contributed by atoms with E-state index in [1.807, 2.05) is 18.2 Å². The lowest BCUT2D eigenvalue weighted by molar-refractivity contribution is 0.330. The van der Waals surface area contributed by atoms with E-state index in [1.165, 1.54) is 0 Å². The zero-order valence-electron chi connectivity index (χ0n) is 6.63. The van der Waals surface area contributed by atoms with Crippen LogP contribution >= 0.6 is 27.5 Å². The lowest BCUT2D eigenvalue weighted by atomic mass is 10.1. The summed E-state index contributed by atoms with van der Waals surface area (Å²) in [5.41, 5.74) is 1.05. The highest BCUT2D eigenvalue weighted by Gasteiger charge is 2.15. The van der Waals surface area contributed by atoms with E-state index in [-0.39, 0.29) is 6.04 Å². The quantitative estimate of drug-likeness (QED) is 0.759. The van der Waals surface area contributed by atoms with Crippen LogP contribution in [-0.4, -0.2) is 13.0 Å². The van der Waals surface area contributed by atoms with Crippen LogP contribution in [0.5, 0.6) is 0 Å². The summed E-state index contributed by atoms with van der Waals surface area (Å²) >= 11 is 9.27. The van der Waals surface area contributed by atoms with Gasteiger partial charge in [0.2, 0.25) is 0 Å². The number of halogens is 2. The van der Waals surface area contributed by atoms with E-state index in [2.05, 4.69) is 27.3 Å². The third kappa shape index (κ3) is 1.86. The van der Waals surface area contributed by atoms with Gasteiger partial charge in [-0.2, -0.15) is 0 Å². The molecule has 1 heterocycles. The zero-order valence-corrected chi connectivity index (χ0v) is 8.97. The van der Waals surface area contributed by atoms with Crippen molar-refractivity contribution in [1.82, 2.24) is 0 Å². The maximum atomic E-state index is 5.94. The Morgan fingerprint density at radius 3 is 3.08 bits per heavy atom. The highest BCUT2D eigenvalue weighted by molar-refractivity contribution is 9.10. The van der Waals surface area contributed by atoms with Gasteiger partial charge >= 0.3 is 0 Å². The van der Waals surface area contributed by atoms with Crippen LogP contribution in [0.1, 0.15) is 11.6 Å². The van der Waals surface area contributed by atoms with Gasteiger partial charge in [0.05, 0.1) is 5.02 Å². The molecule has 1 unspecified atom stereocenters. The van der Waals surface area contributed by atoms with Crippen molar-refractivity contribution >= 4 is 33.9 Å². The molecule has 13 heavy (non-hydrogen) atoms. The second kappa shape index (κ2) is 3.68. The van der Waals surface area contributed by atoms with Gasteiger partial charge in [-0.1, -0.05) is 17.7 Å². The van der Waals surface area contributed by atoms with Crippen LogP contribution in [0.15, 0.2) is 27.7 Å². The van der Waals surface area contributed by atoms with Gasteiger partial charge in [0, 0.05) is 4.47 Å². The molecule has 0 amide bonds. The van der Waals surface area contributed by atoms with Gasteiger partial charge in [-0.25, -0.2) is 4.99 Å². The molecule has 1 radical (unpaired) electrons. The van der Waals surface area contributed by atoms with Crippen molar-refractivity contribution in [3.05, 3.63) is 33.3 Å². The van der Waals surface area contributed by atoms with Gasteiger partial charge in [-0.3, -0.25) is 0 Å². The van der Waals surface area contributed by atoms with Gasteiger partial charge in [-0.15, -0.1) is 0 Å². The number of hydrogen-bond donors (Lipinski definition) is 0. The van der Waals surface area contributed by atoms with Gasteiger partial charge in [0.1, 0.15) is 12.6 Å². The summed E-state index contributed by atoms with van der Waals surface area (Å²) in [6.07, 6.45) is 2.48. The lowest BCUT2D eigenvalue weighted by Crippen LogP contribution is -1.96. The Labute approximate surface area is 89.7 Å². The van der Waals surface area contributed by atoms with Crippen molar-refractivity contribution in [3.8, 4) is 0 Å². The molecule has 1 aromatic carbocycles. The molecular formula is C9H6BrClNO. The smallest absolute Gasteiger partial charge is 0.273 e. The minimum atomic E-state index is 0.0469. The third-order valence-electron chi connectivity index (χ3n) is 1.84. The van der Waals surface area contributed by atoms with Gasteiger partial charge in [-0.05, 0) is 33.6 Å². The summed E-state index contributed by atoms with van der Waals surface area (Å²) in [5.74, 6) is 0. The molecule has 1 aliphatic heterocycles. The molecule has 0 saturated heterocycles. The topological polar surface area (TPSA) is 21.6 Å². The van der Waals surface area contributed by atoms with E-state index in [0.717, 1.165) is 10.0 Å². The highest BCUT2D eigenvalue weighted by atomic mass is 79.9. The molecule has 2 nitrogen and oxygen atoms in total. The van der Waals surface area contributed by atoms with Crippen LogP contribution in [0.4, 0.5) is 0 Å². The predicted molar refractivity (Wildman–Crippen MR) is 55.3 cm³/mol. The van der Waals surface area contributed by atoms with Crippen molar-refractivity contribution in [2.24, 2.45) is 4.99 Å². The molecule has 1 aromatic rings. The van der Waals surface area contributed by atoms with Crippen LogP contribution in [-0.2, 0) is 4.74 Å². The average molecular weight is 260 g/mol. The van der Waals surface area contributed by atoms with Crippen molar-refractivity contribution in [2.45, 2.75) is 6.04 Å². The Morgan fingerprint density at radius 1 is 1.62 bits per heavy atom. The summed E-state index contributed by atoms with van der Waals surface area (Å²) < 4.78 is 5.80. The van der Waals surface area contributed by atoms with Crippen LogP contribution in [0.2, 0.25) is 5.02 Å². The molecular weight excluding hydrogens is 253 g/mol. The predicted octanol–water partition coefficient (Wildman–Crippen LogP) is 3.08. The zero-order chi connectivity index (χ0) is 9.26. The molecule has 0 saturated carbocycles. The first kappa shape index (κ1) is 9.03. The molecule has 4 heteroatoms. The molecule has 0 aliphatic carbocycles. The molecule has 67 valence electrons. The van der Waals surface area contributed by atoms with Gasteiger partial charge in [0.15, 0.2) is 0 Å². The number of hydrogen-bond acceptors (Lipinski definition) is 2. The number of ether oxygens (including phenoxy) is 1. The summed E-state index contributed by atoms with van der Waals surface area (Å²) in [5, 5.41) is 0.694. The third-order valence-corrected chi connectivity index (χ3v) is 3.08. The minimum absolute atomic E-state index is 0.0469. The molecule has 1 atom stereocenters. The summed E-state index contributed by atoms with van der Waals surface area (Å²) in [6, 6.07) is 5.81. The normalized spacial score (nSPS) is 20.3. The Kier molecular flexibility index (Phi) is 2.56. The fraction of sp³-hybridized carbons (Fsp3) is 0.222. The van der Waals surface area contributed by atoms with Crippen LogP contribution in [0.3, 0.4) is 0 Å². The number of nitrogens with zero attached hydrogens (tertiary/aromatic N) is 1. The van der Waals surface area contributed by atoms with E-state index in [1.54, 1.807) is 0 Å². The maximum absolute atomic E-state index is 5.94. The monoisotopic (exact) mass is 258 g/mol.